The first-order valence-corrected chi connectivity index (χ1v) is 5.51. The Bertz CT molecular complexity index is 215. The Labute approximate surface area is 84.8 Å². The van der Waals surface area contributed by atoms with Crippen LogP contribution in [0.2, 0.25) is 0 Å². The number of carbonyl (C=O) groups is 1. The molecular formula is C10H19N3O. The van der Waals surface area contributed by atoms with Crippen LogP contribution in [0.3, 0.4) is 0 Å². The highest BCUT2D eigenvalue weighted by Crippen LogP contribution is 2.18. The predicted molar refractivity (Wildman–Crippen MR) is 54.8 cm³/mol. The fraction of sp³-hybridized carbons (Fsp3) is 0.900. The van der Waals surface area contributed by atoms with E-state index in [1.54, 1.807) is 0 Å². The molecule has 0 unspecified atom stereocenters. The lowest BCUT2D eigenvalue weighted by molar-refractivity contribution is -0.121. The summed E-state index contributed by atoms with van der Waals surface area (Å²) in [6.45, 7) is 2.88. The molecule has 1 saturated heterocycles. The van der Waals surface area contributed by atoms with E-state index in [2.05, 4.69) is 10.2 Å². The van der Waals surface area contributed by atoms with Gasteiger partial charge in [-0.05, 0) is 25.8 Å². The van der Waals surface area contributed by atoms with Crippen LogP contribution in [-0.2, 0) is 4.79 Å². The maximum Gasteiger partial charge on any atom is 0.221 e. The van der Waals surface area contributed by atoms with Gasteiger partial charge in [-0.15, -0.1) is 0 Å². The molecule has 1 atom stereocenters. The van der Waals surface area contributed by atoms with Crippen molar-refractivity contribution in [2.75, 3.05) is 19.6 Å². The molecule has 0 spiro atoms. The van der Waals surface area contributed by atoms with E-state index in [1.807, 2.05) is 0 Å². The summed E-state index contributed by atoms with van der Waals surface area (Å²) < 4.78 is 0. The molecule has 2 fully saturated rings. The Morgan fingerprint density at radius 3 is 2.79 bits per heavy atom. The van der Waals surface area contributed by atoms with E-state index in [9.17, 15) is 4.79 Å². The van der Waals surface area contributed by atoms with Crippen molar-refractivity contribution in [2.45, 2.75) is 37.8 Å². The van der Waals surface area contributed by atoms with Gasteiger partial charge in [-0.25, -0.2) is 0 Å². The van der Waals surface area contributed by atoms with E-state index in [0.29, 0.717) is 18.5 Å². The molecule has 1 aliphatic heterocycles. The summed E-state index contributed by atoms with van der Waals surface area (Å²) in [7, 11) is 0. The van der Waals surface area contributed by atoms with Crippen LogP contribution in [0.15, 0.2) is 0 Å². The summed E-state index contributed by atoms with van der Waals surface area (Å²) >= 11 is 0. The summed E-state index contributed by atoms with van der Waals surface area (Å²) in [4.78, 5) is 13.6. The van der Waals surface area contributed by atoms with Gasteiger partial charge in [-0.3, -0.25) is 4.79 Å². The van der Waals surface area contributed by atoms with Gasteiger partial charge in [0.05, 0.1) is 0 Å². The summed E-state index contributed by atoms with van der Waals surface area (Å²) in [6, 6.07) is 0.810. The van der Waals surface area contributed by atoms with Crippen LogP contribution in [0.5, 0.6) is 0 Å². The first kappa shape index (κ1) is 9.93. The number of rotatable bonds is 4. The normalized spacial score (nSPS) is 27.9. The second kappa shape index (κ2) is 4.28. The van der Waals surface area contributed by atoms with Gasteiger partial charge in [0.2, 0.25) is 5.91 Å². The fourth-order valence-electron chi connectivity index (χ4n) is 1.85. The minimum Gasteiger partial charge on any atom is -0.353 e. The molecule has 0 aromatic rings. The zero-order valence-corrected chi connectivity index (χ0v) is 8.54. The van der Waals surface area contributed by atoms with Gasteiger partial charge in [0.25, 0.3) is 0 Å². The van der Waals surface area contributed by atoms with Crippen LogP contribution in [-0.4, -0.2) is 42.5 Å². The van der Waals surface area contributed by atoms with Gasteiger partial charge in [0, 0.05) is 31.6 Å². The van der Waals surface area contributed by atoms with Gasteiger partial charge in [0.1, 0.15) is 0 Å². The smallest absolute Gasteiger partial charge is 0.221 e. The van der Waals surface area contributed by atoms with E-state index < -0.39 is 0 Å². The fourth-order valence-corrected chi connectivity index (χ4v) is 1.85. The van der Waals surface area contributed by atoms with Crippen LogP contribution in [0.4, 0.5) is 0 Å². The molecule has 1 saturated carbocycles. The lowest BCUT2D eigenvalue weighted by atomic mass is 10.3. The summed E-state index contributed by atoms with van der Waals surface area (Å²) in [5, 5.41) is 2.99. The summed E-state index contributed by atoms with van der Waals surface area (Å²) in [5.74, 6) is 0.202. The number of nitrogens with zero attached hydrogens (tertiary/aromatic N) is 1. The maximum absolute atomic E-state index is 11.4. The first-order valence-electron chi connectivity index (χ1n) is 5.51. The molecule has 0 aromatic heterocycles. The molecule has 0 bridgehead atoms. The maximum atomic E-state index is 11.4. The SMILES string of the molecule is N[C@H]1CCN(CCC(=O)NC2CC2)C1. The molecule has 14 heavy (non-hydrogen) atoms. The molecule has 4 heteroatoms. The number of nitrogens with two attached hydrogens (primary N) is 1. The van der Waals surface area contributed by atoms with Crippen LogP contribution in [0.1, 0.15) is 25.7 Å². The molecule has 0 radical (unpaired) electrons. The largest absolute Gasteiger partial charge is 0.353 e. The molecule has 2 rings (SSSR count). The lowest BCUT2D eigenvalue weighted by Crippen LogP contribution is -2.32. The molecule has 3 N–H and O–H groups in total. The summed E-state index contributed by atoms with van der Waals surface area (Å²) in [5.41, 5.74) is 5.78. The monoisotopic (exact) mass is 197 g/mol. The number of nitrogens with one attached hydrogen (secondary N) is 1. The third-order valence-electron chi connectivity index (χ3n) is 2.91. The molecule has 0 aromatic carbocycles. The minimum atomic E-state index is 0.202. The standard InChI is InChI=1S/C10H19N3O/c11-8-3-5-13(7-8)6-4-10(14)12-9-1-2-9/h8-9H,1-7,11H2,(H,12,14)/t8-/m0/s1. The quantitative estimate of drug-likeness (QED) is 0.650. The highest BCUT2D eigenvalue weighted by Gasteiger charge is 2.24. The Balaban J connectivity index is 1.59. The number of hydrogen-bond acceptors (Lipinski definition) is 3. The summed E-state index contributed by atoms with van der Waals surface area (Å²) in [6.07, 6.45) is 4.04. The second-order valence-electron chi connectivity index (χ2n) is 4.44. The van der Waals surface area contributed by atoms with E-state index >= 15 is 0 Å². The van der Waals surface area contributed by atoms with Crippen molar-refractivity contribution in [1.29, 1.82) is 0 Å². The average molecular weight is 197 g/mol. The van der Waals surface area contributed by atoms with E-state index in [0.717, 1.165) is 26.1 Å². The van der Waals surface area contributed by atoms with Gasteiger partial charge in [-0.1, -0.05) is 0 Å². The van der Waals surface area contributed by atoms with Crippen molar-refractivity contribution in [3.63, 3.8) is 0 Å². The number of hydrogen-bond donors (Lipinski definition) is 2. The first-order chi connectivity index (χ1) is 6.74. The van der Waals surface area contributed by atoms with E-state index in [1.165, 1.54) is 12.8 Å². The molecule has 1 amide bonds. The molecule has 2 aliphatic rings. The van der Waals surface area contributed by atoms with Crippen molar-refractivity contribution in [1.82, 2.24) is 10.2 Å². The van der Waals surface area contributed by atoms with Crippen molar-refractivity contribution in [3.8, 4) is 0 Å². The third-order valence-corrected chi connectivity index (χ3v) is 2.91. The highest BCUT2D eigenvalue weighted by atomic mass is 16.1. The van der Waals surface area contributed by atoms with Crippen LogP contribution < -0.4 is 11.1 Å². The molecular weight excluding hydrogens is 178 g/mol. The van der Waals surface area contributed by atoms with Gasteiger partial charge in [-0.2, -0.15) is 0 Å². The molecule has 1 heterocycles. The topological polar surface area (TPSA) is 58.4 Å². The molecule has 80 valence electrons. The van der Waals surface area contributed by atoms with Crippen LogP contribution in [0, 0.1) is 0 Å². The Morgan fingerprint density at radius 1 is 1.43 bits per heavy atom. The van der Waals surface area contributed by atoms with E-state index in [4.69, 9.17) is 5.73 Å². The van der Waals surface area contributed by atoms with Crippen LogP contribution >= 0.6 is 0 Å². The van der Waals surface area contributed by atoms with Crippen molar-refractivity contribution >= 4 is 5.91 Å². The van der Waals surface area contributed by atoms with Crippen molar-refractivity contribution < 1.29 is 4.79 Å². The average Bonchev–Trinajstić information content (AvgIpc) is 2.85. The zero-order valence-electron chi connectivity index (χ0n) is 8.54. The Kier molecular flexibility index (Phi) is 3.03. The van der Waals surface area contributed by atoms with E-state index in [-0.39, 0.29) is 5.91 Å². The van der Waals surface area contributed by atoms with Gasteiger partial charge in [0.15, 0.2) is 0 Å². The number of carbonyl (C=O) groups excluding carboxylic acids is 1. The minimum absolute atomic E-state index is 0.202. The Morgan fingerprint density at radius 2 is 2.21 bits per heavy atom. The number of likely N-dealkylation sites (tertiary alicyclic amines) is 1. The predicted octanol–water partition coefficient (Wildman–Crippen LogP) is -0.312. The zero-order chi connectivity index (χ0) is 9.97. The molecule has 1 aliphatic carbocycles. The highest BCUT2D eigenvalue weighted by molar-refractivity contribution is 5.76. The third kappa shape index (κ3) is 2.96. The molecule has 4 nitrogen and oxygen atoms in total. The van der Waals surface area contributed by atoms with Crippen molar-refractivity contribution in [3.05, 3.63) is 0 Å². The van der Waals surface area contributed by atoms with Crippen LogP contribution in [0.25, 0.3) is 0 Å². The second-order valence-corrected chi connectivity index (χ2v) is 4.44. The van der Waals surface area contributed by atoms with Gasteiger partial charge >= 0.3 is 0 Å². The Hall–Kier alpha value is -0.610. The van der Waals surface area contributed by atoms with Crippen molar-refractivity contribution in [2.24, 2.45) is 5.73 Å². The lowest BCUT2D eigenvalue weighted by Gasteiger charge is -2.14. The van der Waals surface area contributed by atoms with Gasteiger partial charge < -0.3 is 16.0 Å². The number of amides is 1.